The van der Waals surface area contributed by atoms with Gasteiger partial charge in [0.05, 0.1) is 0 Å². The first kappa shape index (κ1) is 10.8. The van der Waals surface area contributed by atoms with Crippen LogP contribution in [0.5, 0.6) is 0 Å². The Labute approximate surface area is 52.9 Å². The van der Waals surface area contributed by atoms with E-state index in [9.17, 15) is 9.90 Å². The lowest BCUT2D eigenvalue weighted by molar-refractivity contribution is -0.305. The fraction of sp³-hybridized carbons (Fsp3) is 0.800. The molecule has 2 nitrogen and oxygen atoms in total. The summed E-state index contributed by atoms with van der Waals surface area (Å²) in [6.07, 6.45) is 1.87. The van der Waals surface area contributed by atoms with E-state index >= 15 is 0 Å². The number of carboxylic acids is 1. The third kappa shape index (κ3) is 9.31. The van der Waals surface area contributed by atoms with Crippen LogP contribution in [0.3, 0.4) is 0 Å². The molecule has 0 aromatic carbocycles. The van der Waals surface area contributed by atoms with Crippen molar-refractivity contribution in [2.24, 2.45) is 0 Å². The minimum Gasteiger partial charge on any atom is -0.550 e. The highest BCUT2D eigenvalue weighted by molar-refractivity contribution is 6.92. The van der Waals surface area contributed by atoms with Gasteiger partial charge in [-0.25, -0.2) is 0 Å². The van der Waals surface area contributed by atoms with Crippen LogP contribution in [0.15, 0.2) is 0 Å². The van der Waals surface area contributed by atoms with E-state index in [4.69, 9.17) is 0 Å². The van der Waals surface area contributed by atoms with Gasteiger partial charge in [-0.1, -0.05) is 13.3 Å². The molecule has 1 atom stereocenters. The van der Waals surface area contributed by atoms with E-state index in [-0.39, 0.29) is 16.3 Å². The van der Waals surface area contributed by atoms with Crippen LogP contribution in [-0.4, -0.2) is 5.97 Å². The number of hydrogen-bond acceptors (Lipinski definition) is 2. The Morgan fingerprint density at radius 3 is 2.25 bits per heavy atom. The van der Waals surface area contributed by atoms with Gasteiger partial charge in [0.1, 0.15) is 0 Å². The van der Waals surface area contributed by atoms with Crippen molar-refractivity contribution in [3.63, 3.8) is 0 Å². The van der Waals surface area contributed by atoms with E-state index in [1.54, 1.807) is 0 Å². The Kier molecular flexibility index (Phi) is 9.32. The predicted molar refractivity (Wildman–Crippen MR) is 37.0 cm³/mol. The van der Waals surface area contributed by atoms with Gasteiger partial charge in [-0.3, -0.25) is 0 Å². The first-order valence-electron chi connectivity index (χ1n) is 2.47. The fourth-order valence-electron chi connectivity index (χ4n) is 0.321. The smallest absolute Gasteiger partial charge is 0.0414 e. The first-order valence-corrected chi connectivity index (χ1v) is 2.47. The summed E-state index contributed by atoms with van der Waals surface area (Å²) in [6.45, 7) is 1.95. The van der Waals surface area contributed by atoms with E-state index in [2.05, 4.69) is 0 Å². The van der Waals surface area contributed by atoms with Crippen molar-refractivity contribution in [1.82, 2.24) is 0 Å². The van der Waals surface area contributed by atoms with Gasteiger partial charge < -0.3 is 9.90 Å². The fourth-order valence-corrected chi connectivity index (χ4v) is 0.321. The quantitative estimate of drug-likeness (QED) is 0.500. The van der Waals surface area contributed by atoms with Gasteiger partial charge in [-0.05, 0) is 22.7 Å². The van der Waals surface area contributed by atoms with Gasteiger partial charge in [0, 0.05) is 5.97 Å². The second-order valence-electron chi connectivity index (χ2n) is 1.48. The SMILES string of the molecule is CCCCC(=O)[O-].[PH4+]. The van der Waals surface area contributed by atoms with Crippen molar-refractivity contribution in [3.05, 3.63) is 0 Å². The van der Waals surface area contributed by atoms with E-state index < -0.39 is 5.97 Å². The molecule has 0 radical (unpaired) electrons. The second kappa shape index (κ2) is 6.90. The Morgan fingerprint density at radius 1 is 1.62 bits per heavy atom. The van der Waals surface area contributed by atoms with Crippen LogP contribution in [0, 0.1) is 0 Å². The van der Waals surface area contributed by atoms with Crippen LogP contribution in [0.2, 0.25) is 0 Å². The van der Waals surface area contributed by atoms with Crippen LogP contribution in [0.25, 0.3) is 0 Å². The highest BCUT2D eigenvalue weighted by atomic mass is 31.0. The molecule has 50 valence electrons. The van der Waals surface area contributed by atoms with Crippen LogP contribution in [0.4, 0.5) is 0 Å². The zero-order valence-corrected chi connectivity index (χ0v) is 7.44. The number of carbonyl (C=O) groups is 1. The minimum atomic E-state index is -0.943. The van der Waals surface area contributed by atoms with Gasteiger partial charge in [-0.2, -0.15) is 0 Å². The molecule has 0 aliphatic heterocycles. The number of unbranched alkanes of at least 4 members (excludes halogenated alkanes) is 1. The van der Waals surface area contributed by atoms with Crippen molar-refractivity contribution in [3.8, 4) is 0 Å². The average molecular weight is 136 g/mol. The van der Waals surface area contributed by atoms with Crippen molar-refractivity contribution in [1.29, 1.82) is 0 Å². The Hall–Kier alpha value is -0.100. The largest absolute Gasteiger partial charge is 0.550 e. The predicted octanol–water partition coefficient (Wildman–Crippen LogP) is -0.283. The lowest BCUT2D eigenvalue weighted by Gasteiger charge is -1.95. The molecule has 1 unspecified atom stereocenters. The molecule has 3 heteroatoms. The molecule has 0 aromatic heterocycles. The molecule has 0 saturated heterocycles. The van der Waals surface area contributed by atoms with Crippen molar-refractivity contribution < 1.29 is 9.90 Å². The molecule has 0 aromatic rings. The summed E-state index contributed by atoms with van der Waals surface area (Å²) >= 11 is 0. The molecule has 0 fully saturated rings. The molecule has 0 aliphatic carbocycles. The molecule has 0 spiro atoms. The Morgan fingerprint density at radius 2 is 2.12 bits per heavy atom. The number of carboxylic acid groups (broad SMARTS) is 1. The summed E-state index contributed by atoms with van der Waals surface area (Å²) in [5, 5.41) is 9.65. The van der Waals surface area contributed by atoms with Gasteiger partial charge in [0.25, 0.3) is 0 Å². The zero-order chi connectivity index (χ0) is 5.70. The van der Waals surface area contributed by atoms with E-state index in [0.717, 1.165) is 12.8 Å². The van der Waals surface area contributed by atoms with Crippen LogP contribution >= 0.6 is 9.90 Å². The lowest BCUT2D eigenvalue weighted by atomic mass is 10.3. The molecule has 0 rings (SSSR count). The van der Waals surface area contributed by atoms with Gasteiger partial charge in [0.15, 0.2) is 0 Å². The Balaban J connectivity index is 0. The molecule has 0 heterocycles. The lowest BCUT2D eigenvalue weighted by Crippen LogP contribution is -2.21. The summed E-state index contributed by atoms with van der Waals surface area (Å²) in [4.78, 5) is 9.65. The maximum Gasteiger partial charge on any atom is 0.0414 e. The summed E-state index contributed by atoms with van der Waals surface area (Å²) in [6, 6.07) is 0. The summed E-state index contributed by atoms with van der Waals surface area (Å²) in [7, 11) is 0. The number of rotatable bonds is 3. The Bertz CT molecular complexity index is 63.4. The maximum atomic E-state index is 9.65. The van der Waals surface area contributed by atoms with Gasteiger partial charge in [-0.15, -0.1) is 0 Å². The van der Waals surface area contributed by atoms with Crippen LogP contribution in [-0.2, 0) is 4.79 Å². The molecule has 0 amide bonds. The molecular formula is C5H13O2P. The van der Waals surface area contributed by atoms with E-state index in [1.165, 1.54) is 0 Å². The summed E-state index contributed by atoms with van der Waals surface area (Å²) in [5.74, 6) is -0.943. The van der Waals surface area contributed by atoms with E-state index in [0.29, 0.717) is 0 Å². The number of aliphatic carboxylic acids is 1. The van der Waals surface area contributed by atoms with Gasteiger partial charge >= 0.3 is 0 Å². The third-order valence-corrected chi connectivity index (χ3v) is 0.734. The van der Waals surface area contributed by atoms with Crippen molar-refractivity contribution >= 4 is 15.9 Å². The maximum absolute atomic E-state index is 9.65. The molecular weight excluding hydrogens is 123 g/mol. The zero-order valence-electron chi connectivity index (χ0n) is 5.44. The monoisotopic (exact) mass is 136 g/mol. The first-order chi connectivity index (χ1) is 3.27. The number of hydrogen-bond donors (Lipinski definition) is 0. The highest BCUT2D eigenvalue weighted by Gasteiger charge is 1.80. The normalized spacial score (nSPS) is 7.62. The van der Waals surface area contributed by atoms with E-state index in [1.807, 2.05) is 6.92 Å². The third-order valence-electron chi connectivity index (χ3n) is 0.734. The number of carbonyl (C=O) groups excluding carboxylic acids is 1. The molecule has 0 aliphatic rings. The summed E-state index contributed by atoms with van der Waals surface area (Å²) in [5.41, 5.74) is 0. The molecule has 0 saturated carbocycles. The van der Waals surface area contributed by atoms with Crippen molar-refractivity contribution in [2.45, 2.75) is 26.2 Å². The molecule has 0 N–H and O–H groups in total. The second-order valence-corrected chi connectivity index (χ2v) is 1.48. The average Bonchev–Trinajstić information content (AvgIpc) is 1.61. The van der Waals surface area contributed by atoms with Crippen LogP contribution < -0.4 is 5.11 Å². The standard InChI is InChI=1S/C5H10O2.H3P/c1-2-3-4-5(6)7;/h2-4H2,1H3,(H,6,7);1H3. The van der Waals surface area contributed by atoms with Gasteiger partial charge in [0.2, 0.25) is 0 Å². The molecule has 8 heavy (non-hydrogen) atoms. The highest BCUT2D eigenvalue weighted by Crippen LogP contribution is 1.89. The molecule has 0 bridgehead atoms. The van der Waals surface area contributed by atoms with Crippen molar-refractivity contribution in [2.75, 3.05) is 0 Å². The topological polar surface area (TPSA) is 40.1 Å². The van der Waals surface area contributed by atoms with Crippen LogP contribution in [0.1, 0.15) is 26.2 Å². The summed E-state index contributed by atoms with van der Waals surface area (Å²) < 4.78 is 0. The minimum absolute atomic E-state index is 0.